The standard InChI is InChI=1S/C21H31N3O/c25-21-22-20(18-9-5-2-6-10-18)16-24(21)19-11-13-23(14-12-19)15-17-7-3-1-4-8-17/h1,3-4,7-8,18-20H,2,5-6,9-16H2,(H,22,25)/t20-/m1/s1. The molecule has 3 fully saturated rings. The molecular formula is C21H31N3O. The Bertz CT molecular complexity index is 562. The van der Waals surface area contributed by atoms with Gasteiger partial charge in [-0.1, -0.05) is 49.6 Å². The average Bonchev–Trinajstić information content (AvgIpc) is 3.06. The minimum atomic E-state index is 0.192. The molecule has 4 rings (SSSR count). The molecule has 1 aromatic rings. The summed E-state index contributed by atoms with van der Waals surface area (Å²) in [6.07, 6.45) is 8.88. The predicted molar refractivity (Wildman–Crippen MR) is 100 cm³/mol. The third-order valence-electron chi connectivity index (χ3n) is 6.43. The summed E-state index contributed by atoms with van der Waals surface area (Å²) in [7, 11) is 0. The van der Waals surface area contributed by atoms with Crippen molar-refractivity contribution in [2.24, 2.45) is 5.92 Å². The monoisotopic (exact) mass is 341 g/mol. The molecule has 0 spiro atoms. The van der Waals surface area contributed by atoms with Crippen molar-refractivity contribution < 1.29 is 4.79 Å². The van der Waals surface area contributed by atoms with Crippen LogP contribution in [0.15, 0.2) is 30.3 Å². The quantitative estimate of drug-likeness (QED) is 0.908. The second-order valence-corrected chi connectivity index (χ2v) is 8.10. The molecule has 1 saturated carbocycles. The minimum Gasteiger partial charge on any atom is -0.333 e. The molecule has 2 aliphatic heterocycles. The molecule has 2 saturated heterocycles. The lowest BCUT2D eigenvalue weighted by Crippen LogP contribution is -2.45. The maximum absolute atomic E-state index is 12.5. The van der Waals surface area contributed by atoms with Gasteiger partial charge in [0.2, 0.25) is 0 Å². The summed E-state index contributed by atoms with van der Waals surface area (Å²) in [5.41, 5.74) is 1.39. The van der Waals surface area contributed by atoms with Crippen LogP contribution < -0.4 is 5.32 Å². The van der Waals surface area contributed by atoms with Crippen molar-refractivity contribution in [3.05, 3.63) is 35.9 Å². The normalized spacial score (nSPS) is 26.8. The maximum Gasteiger partial charge on any atom is 0.318 e. The second kappa shape index (κ2) is 7.77. The Labute approximate surface area is 151 Å². The largest absolute Gasteiger partial charge is 0.333 e. The van der Waals surface area contributed by atoms with E-state index in [1.807, 2.05) is 0 Å². The van der Waals surface area contributed by atoms with Crippen LogP contribution in [0.3, 0.4) is 0 Å². The van der Waals surface area contributed by atoms with Crippen LogP contribution in [0.5, 0.6) is 0 Å². The molecule has 2 amide bonds. The van der Waals surface area contributed by atoms with Crippen molar-refractivity contribution in [1.82, 2.24) is 15.1 Å². The van der Waals surface area contributed by atoms with Crippen molar-refractivity contribution in [2.45, 2.75) is 63.6 Å². The molecule has 0 unspecified atom stereocenters. The highest BCUT2D eigenvalue weighted by atomic mass is 16.2. The number of piperidine rings is 1. The first-order chi connectivity index (χ1) is 12.3. The van der Waals surface area contributed by atoms with Gasteiger partial charge in [0, 0.05) is 32.2 Å². The van der Waals surface area contributed by atoms with Gasteiger partial charge in [-0.15, -0.1) is 0 Å². The van der Waals surface area contributed by atoms with Gasteiger partial charge in [0.05, 0.1) is 6.04 Å². The molecule has 4 heteroatoms. The van der Waals surface area contributed by atoms with E-state index in [9.17, 15) is 4.79 Å². The number of urea groups is 1. The van der Waals surface area contributed by atoms with Gasteiger partial charge in [0.25, 0.3) is 0 Å². The molecule has 3 aliphatic rings. The van der Waals surface area contributed by atoms with E-state index < -0.39 is 0 Å². The van der Waals surface area contributed by atoms with Gasteiger partial charge in [-0.2, -0.15) is 0 Å². The fourth-order valence-electron chi connectivity index (χ4n) is 4.93. The Kier molecular flexibility index (Phi) is 5.25. The SMILES string of the molecule is O=C1N[C@@H](C2CCCCC2)CN1C1CCN(Cc2ccccc2)CC1. The number of nitrogens with zero attached hydrogens (tertiary/aromatic N) is 2. The Morgan fingerprint density at radius 3 is 2.40 bits per heavy atom. The molecule has 4 nitrogen and oxygen atoms in total. The summed E-state index contributed by atoms with van der Waals surface area (Å²) >= 11 is 0. The zero-order valence-electron chi connectivity index (χ0n) is 15.2. The van der Waals surface area contributed by atoms with Crippen LogP contribution in [0, 0.1) is 5.92 Å². The molecule has 0 bridgehead atoms. The zero-order valence-corrected chi connectivity index (χ0v) is 15.2. The first-order valence-corrected chi connectivity index (χ1v) is 10.1. The van der Waals surface area contributed by atoms with E-state index in [1.165, 1.54) is 37.7 Å². The number of hydrogen-bond donors (Lipinski definition) is 1. The van der Waals surface area contributed by atoms with E-state index in [2.05, 4.69) is 45.4 Å². The van der Waals surface area contributed by atoms with Gasteiger partial charge < -0.3 is 10.2 Å². The third-order valence-corrected chi connectivity index (χ3v) is 6.43. The fraction of sp³-hybridized carbons (Fsp3) is 0.667. The molecule has 25 heavy (non-hydrogen) atoms. The third kappa shape index (κ3) is 4.00. The number of carbonyl (C=O) groups is 1. The number of hydrogen-bond acceptors (Lipinski definition) is 2. The second-order valence-electron chi connectivity index (χ2n) is 8.10. The number of nitrogens with one attached hydrogen (secondary N) is 1. The first kappa shape index (κ1) is 16.9. The number of likely N-dealkylation sites (tertiary alicyclic amines) is 1. The van der Waals surface area contributed by atoms with Crippen molar-refractivity contribution in [1.29, 1.82) is 0 Å². The number of amides is 2. The summed E-state index contributed by atoms with van der Waals surface area (Å²) in [6.45, 7) is 4.16. The molecule has 136 valence electrons. The van der Waals surface area contributed by atoms with E-state index in [1.54, 1.807) is 0 Å². The molecule has 1 N–H and O–H groups in total. The lowest BCUT2D eigenvalue weighted by atomic mass is 9.84. The van der Waals surface area contributed by atoms with Gasteiger partial charge >= 0.3 is 6.03 Å². The summed E-state index contributed by atoms with van der Waals surface area (Å²) < 4.78 is 0. The Morgan fingerprint density at radius 1 is 0.960 bits per heavy atom. The van der Waals surface area contributed by atoms with E-state index >= 15 is 0 Å². The topological polar surface area (TPSA) is 35.6 Å². The van der Waals surface area contributed by atoms with Crippen LogP contribution in [-0.4, -0.2) is 47.5 Å². The van der Waals surface area contributed by atoms with Gasteiger partial charge in [-0.25, -0.2) is 4.79 Å². The van der Waals surface area contributed by atoms with E-state index in [0.717, 1.165) is 39.0 Å². The maximum atomic E-state index is 12.5. The fourth-order valence-corrected chi connectivity index (χ4v) is 4.93. The summed E-state index contributed by atoms with van der Waals surface area (Å²) in [4.78, 5) is 17.2. The van der Waals surface area contributed by atoms with E-state index in [-0.39, 0.29) is 6.03 Å². The average molecular weight is 341 g/mol. The van der Waals surface area contributed by atoms with E-state index in [4.69, 9.17) is 0 Å². The number of rotatable bonds is 4. The van der Waals surface area contributed by atoms with Crippen molar-refractivity contribution in [3.8, 4) is 0 Å². The predicted octanol–water partition coefficient (Wildman–Crippen LogP) is 3.63. The van der Waals surface area contributed by atoms with Crippen LogP contribution in [0.4, 0.5) is 4.79 Å². The van der Waals surface area contributed by atoms with Crippen LogP contribution in [-0.2, 0) is 6.54 Å². The number of carbonyl (C=O) groups excluding carboxylic acids is 1. The lowest BCUT2D eigenvalue weighted by Gasteiger charge is -2.36. The first-order valence-electron chi connectivity index (χ1n) is 10.1. The van der Waals surface area contributed by atoms with Gasteiger partial charge in [0.15, 0.2) is 0 Å². The Morgan fingerprint density at radius 2 is 1.68 bits per heavy atom. The van der Waals surface area contributed by atoms with Crippen molar-refractivity contribution in [3.63, 3.8) is 0 Å². The number of benzene rings is 1. The molecule has 2 heterocycles. The van der Waals surface area contributed by atoms with Crippen LogP contribution in [0.1, 0.15) is 50.5 Å². The van der Waals surface area contributed by atoms with Crippen LogP contribution in [0.2, 0.25) is 0 Å². The molecule has 1 aromatic carbocycles. The molecule has 0 aromatic heterocycles. The summed E-state index contributed by atoms with van der Waals surface area (Å²) in [5, 5.41) is 3.30. The Hall–Kier alpha value is -1.55. The summed E-state index contributed by atoms with van der Waals surface area (Å²) in [5.74, 6) is 0.709. The highest BCUT2D eigenvalue weighted by Gasteiger charge is 2.38. The van der Waals surface area contributed by atoms with E-state index in [0.29, 0.717) is 18.0 Å². The molecular weight excluding hydrogens is 310 g/mol. The van der Waals surface area contributed by atoms with Crippen LogP contribution in [0.25, 0.3) is 0 Å². The van der Waals surface area contributed by atoms with Crippen molar-refractivity contribution in [2.75, 3.05) is 19.6 Å². The molecule has 0 radical (unpaired) electrons. The molecule has 1 aliphatic carbocycles. The van der Waals surface area contributed by atoms with Crippen LogP contribution >= 0.6 is 0 Å². The van der Waals surface area contributed by atoms with Gasteiger partial charge in [0.1, 0.15) is 0 Å². The summed E-state index contributed by atoms with van der Waals surface area (Å²) in [6, 6.07) is 11.7. The highest BCUT2D eigenvalue weighted by molar-refractivity contribution is 5.77. The lowest BCUT2D eigenvalue weighted by molar-refractivity contribution is 0.128. The van der Waals surface area contributed by atoms with Gasteiger partial charge in [-0.05, 0) is 37.2 Å². The molecule has 1 atom stereocenters. The smallest absolute Gasteiger partial charge is 0.318 e. The van der Waals surface area contributed by atoms with Crippen molar-refractivity contribution >= 4 is 6.03 Å². The highest BCUT2D eigenvalue weighted by Crippen LogP contribution is 2.30. The van der Waals surface area contributed by atoms with Gasteiger partial charge in [-0.3, -0.25) is 4.90 Å². The zero-order chi connectivity index (χ0) is 17.1. The Balaban J connectivity index is 1.28. The minimum absolute atomic E-state index is 0.192.